The van der Waals surface area contributed by atoms with Crippen LogP contribution in [0.3, 0.4) is 0 Å². The fraction of sp³-hybridized carbons (Fsp3) is 0.304. The molecule has 3 nitrogen and oxygen atoms in total. The molecule has 4 rings (SSSR count). The van der Waals surface area contributed by atoms with Crippen molar-refractivity contribution >= 4 is 16.8 Å². The van der Waals surface area contributed by atoms with Gasteiger partial charge in [-0.15, -0.1) is 0 Å². The second-order valence-electron chi connectivity index (χ2n) is 7.40. The molecule has 1 aromatic heterocycles. The predicted molar refractivity (Wildman–Crippen MR) is 105 cm³/mol. The summed E-state index contributed by atoms with van der Waals surface area (Å²) in [5.74, 6) is 0.223. The maximum absolute atomic E-state index is 13.2. The zero-order chi connectivity index (χ0) is 19.0. The summed E-state index contributed by atoms with van der Waals surface area (Å²) >= 11 is 0. The van der Waals surface area contributed by atoms with Crippen LogP contribution in [0.1, 0.15) is 45.9 Å². The average molecular weight is 362 g/mol. The van der Waals surface area contributed by atoms with Crippen molar-refractivity contribution in [2.45, 2.75) is 32.6 Å². The zero-order valence-corrected chi connectivity index (χ0v) is 15.7. The largest absolute Gasteiger partial charge is 0.339 e. The number of likely N-dealkylation sites (tertiary alicyclic amines) is 1. The number of aryl methyl sites for hydroxylation is 2. The van der Waals surface area contributed by atoms with Gasteiger partial charge in [0.1, 0.15) is 5.82 Å². The Labute approximate surface area is 158 Å². The number of hydrogen-bond acceptors (Lipinski definition) is 2. The van der Waals surface area contributed by atoms with Crippen molar-refractivity contribution in [1.82, 2.24) is 9.88 Å². The number of benzene rings is 2. The molecule has 0 unspecified atom stereocenters. The SMILES string of the molecule is Cc1cc(C)c2cccc(C(=O)N3CCC(c4ccc(F)cc4)CC3)c2n1. The van der Waals surface area contributed by atoms with Gasteiger partial charge < -0.3 is 4.90 Å². The number of carbonyl (C=O) groups is 1. The maximum Gasteiger partial charge on any atom is 0.256 e. The molecule has 27 heavy (non-hydrogen) atoms. The molecule has 0 aliphatic carbocycles. The lowest BCUT2D eigenvalue weighted by atomic mass is 9.89. The Hall–Kier alpha value is -2.75. The smallest absolute Gasteiger partial charge is 0.256 e. The van der Waals surface area contributed by atoms with Gasteiger partial charge in [0, 0.05) is 24.2 Å². The number of piperidine rings is 1. The van der Waals surface area contributed by atoms with Gasteiger partial charge in [-0.05, 0) is 68.0 Å². The second kappa shape index (κ2) is 7.10. The Morgan fingerprint density at radius 2 is 1.78 bits per heavy atom. The number of pyridine rings is 1. The number of halogens is 1. The van der Waals surface area contributed by atoms with E-state index in [0.29, 0.717) is 24.6 Å². The summed E-state index contributed by atoms with van der Waals surface area (Å²) in [6, 6.07) is 14.6. The highest BCUT2D eigenvalue weighted by molar-refractivity contribution is 6.06. The van der Waals surface area contributed by atoms with Crippen molar-refractivity contribution in [1.29, 1.82) is 0 Å². The van der Waals surface area contributed by atoms with Gasteiger partial charge in [-0.2, -0.15) is 0 Å². The summed E-state index contributed by atoms with van der Waals surface area (Å²) in [4.78, 5) is 19.7. The summed E-state index contributed by atoms with van der Waals surface area (Å²) in [5, 5.41) is 1.03. The first-order valence-corrected chi connectivity index (χ1v) is 9.44. The van der Waals surface area contributed by atoms with Crippen LogP contribution in [0.15, 0.2) is 48.5 Å². The van der Waals surface area contributed by atoms with E-state index >= 15 is 0 Å². The van der Waals surface area contributed by atoms with Crippen LogP contribution in [0.2, 0.25) is 0 Å². The minimum atomic E-state index is -0.208. The minimum absolute atomic E-state index is 0.0515. The van der Waals surface area contributed by atoms with Crippen LogP contribution >= 0.6 is 0 Å². The Morgan fingerprint density at radius 3 is 2.48 bits per heavy atom. The lowest BCUT2D eigenvalue weighted by molar-refractivity contribution is 0.0715. The third-order valence-corrected chi connectivity index (χ3v) is 5.53. The Bertz CT molecular complexity index is 989. The molecule has 2 aromatic carbocycles. The van der Waals surface area contributed by atoms with Gasteiger partial charge in [0.25, 0.3) is 5.91 Å². The molecule has 3 aromatic rings. The van der Waals surface area contributed by atoms with E-state index in [4.69, 9.17) is 0 Å². The predicted octanol–water partition coefficient (Wildman–Crippen LogP) is 5.01. The number of fused-ring (bicyclic) bond motifs is 1. The molecule has 0 bridgehead atoms. The van der Waals surface area contributed by atoms with Crippen LogP contribution in [0.25, 0.3) is 10.9 Å². The first-order chi connectivity index (χ1) is 13.0. The molecule has 138 valence electrons. The van der Waals surface area contributed by atoms with Crippen LogP contribution in [0.4, 0.5) is 4.39 Å². The highest BCUT2D eigenvalue weighted by atomic mass is 19.1. The third kappa shape index (κ3) is 3.44. The Morgan fingerprint density at radius 1 is 1.07 bits per heavy atom. The van der Waals surface area contributed by atoms with Gasteiger partial charge in [0.15, 0.2) is 0 Å². The number of carbonyl (C=O) groups excluding carboxylic acids is 1. The fourth-order valence-corrected chi connectivity index (χ4v) is 4.08. The molecule has 1 fully saturated rings. The molecular formula is C23H23FN2O. The van der Waals surface area contributed by atoms with Crippen LogP contribution in [0.5, 0.6) is 0 Å². The zero-order valence-electron chi connectivity index (χ0n) is 15.7. The van der Waals surface area contributed by atoms with E-state index in [-0.39, 0.29) is 11.7 Å². The van der Waals surface area contributed by atoms with E-state index in [1.54, 1.807) is 0 Å². The standard InChI is InChI=1S/C23H23FN2O/c1-15-14-16(2)25-22-20(15)4-3-5-21(22)23(27)26-12-10-18(11-13-26)17-6-8-19(24)9-7-17/h3-9,14,18H,10-13H2,1-2H3. The van der Waals surface area contributed by atoms with Crippen LogP contribution in [-0.2, 0) is 0 Å². The molecule has 1 aliphatic rings. The Balaban J connectivity index is 1.55. The van der Waals surface area contributed by atoms with Gasteiger partial charge in [-0.25, -0.2) is 4.39 Å². The summed E-state index contributed by atoms with van der Waals surface area (Å²) in [5.41, 5.74) is 4.69. The van der Waals surface area contributed by atoms with Crippen molar-refractivity contribution in [2.24, 2.45) is 0 Å². The van der Waals surface area contributed by atoms with Crippen LogP contribution in [-0.4, -0.2) is 28.9 Å². The molecule has 0 N–H and O–H groups in total. The number of rotatable bonds is 2. The molecule has 1 saturated heterocycles. The van der Waals surface area contributed by atoms with E-state index in [0.717, 1.165) is 40.6 Å². The quantitative estimate of drug-likeness (QED) is 0.642. The summed E-state index contributed by atoms with van der Waals surface area (Å²) in [6.07, 6.45) is 1.79. The van der Waals surface area contributed by atoms with E-state index in [9.17, 15) is 9.18 Å². The lowest BCUT2D eigenvalue weighted by Gasteiger charge is -2.32. The molecule has 1 amide bonds. The normalized spacial score (nSPS) is 15.3. The van der Waals surface area contributed by atoms with Gasteiger partial charge in [0.2, 0.25) is 0 Å². The molecule has 0 atom stereocenters. The average Bonchev–Trinajstić information content (AvgIpc) is 2.68. The van der Waals surface area contributed by atoms with Gasteiger partial charge in [-0.3, -0.25) is 9.78 Å². The van der Waals surface area contributed by atoms with E-state index in [2.05, 4.69) is 11.9 Å². The van der Waals surface area contributed by atoms with Crippen LogP contribution in [0, 0.1) is 19.7 Å². The summed E-state index contributed by atoms with van der Waals surface area (Å²) in [7, 11) is 0. The van der Waals surface area contributed by atoms with Crippen molar-refractivity contribution < 1.29 is 9.18 Å². The molecular weight excluding hydrogens is 339 g/mol. The first-order valence-electron chi connectivity index (χ1n) is 9.44. The molecule has 0 saturated carbocycles. The number of amides is 1. The van der Waals surface area contributed by atoms with E-state index in [1.807, 2.05) is 48.2 Å². The van der Waals surface area contributed by atoms with Gasteiger partial charge >= 0.3 is 0 Å². The Kier molecular flexibility index (Phi) is 4.65. The third-order valence-electron chi connectivity index (χ3n) is 5.53. The van der Waals surface area contributed by atoms with Crippen LogP contribution < -0.4 is 0 Å². The summed E-state index contributed by atoms with van der Waals surface area (Å²) in [6.45, 7) is 5.44. The molecule has 0 radical (unpaired) electrons. The van der Waals surface area contributed by atoms with Crippen molar-refractivity contribution in [3.63, 3.8) is 0 Å². The molecule has 4 heteroatoms. The number of hydrogen-bond donors (Lipinski definition) is 0. The first kappa shape index (κ1) is 17.7. The lowest BCUT2D eigenvalue weighted by Crippen LogP contribution is -2.38. The highest BCUT2D eigenvalue weighted by Gasteiger charge is 2.26. The van der Waals surface area contributed by atoms with E-state index in [1.165, 1.54) is 12.1 Å². The summed E-state index contributed by atoms with van der Waals surface area (Å²) < 4.78 is 13.1. The number of nitrogens with zero attached hydrogens (tertiary/aromatic N) is 2. The maximum atomic E-state index is 13.2. The highest BCUT2D eigenvalue weighted by Crippen LogP contribution is 2.30. The second-order valence-corrected chi connectivity index (χ2v) is 7.40. The molecule has 1 aliphatic heterocycles. The topological polar surface area (TPSA) is 33.2 Å². The number of para-hydroxylation sites is 1. The van der Waals surface area contributed by atoms with Gasteiger partial charge in [0.05, 0.1) is 11.1 Å². The molecule has 0 spiro atoms. The molecule has 2 heterocycles. The fourth-order valence-electron chi connectivity index (χ4n) is 4.08. The van der Waals surface area contributed by atoms with Gasteiger partial charge in [-0.1, -0.05) is 24.3 Å². The van der Waals surface area contributed by atoms with Crippen molar-refractivity contribution in [3.8, 4) is 0 Å². The van der Waals surface area contributed by atoms with Crippen molar-refractivity contribution in [3.05, 3.63) is 76.7 Å². The van der Waals surface area contributed by atoms with Crippen molar-refractivity contribution in [2.75, 3.05) is 13.1 Å². The number of aromatic nitrogens is 1. The monoisotopic (exact) mass is 362 g/mol. The minimum Gasteiger partial charge on any atom is -0.339 e. The van der Waals surface area contributed by atoms with E-state index < -0.39 is 0 Å².